The number of hydrogen-bond donors (Lipinski definition) is 1. The molecule has 15 heavy (non-hydrogen) atoms. The molecule has 0 aliphatic heterocycles. The summed E-state index contributed by atoms with van der Waals surface area (Å²) in [6, 6.07) is 7.53. The fourth-order valence-corrected chi connectivity index (χ4v) is 0.787. The summed E-state index contributed by atoms with van der Waals surface area (Å²) < 4.78 is 10.0. The minimum Gasteiger partial charge on any atom is -0.493 e. The van der Waals surface area contributed by atoms with Crippen molar-refractivity contribution in [1.82, 2.24) is 5.32 Å². The molecule has 1 aromatic rings. The molecule has 0 aromatic heterocycles. The average molecular weight is 234 g/mol. The smallest absolute Gasteiger partial charge is 0.160 e. The fraction of sp³-hybridized carbons (Fsp3) is 0.455. The van der Waals surface area contributed by atoms with Crippen LogP contribution in [0.2, 0.25) is 0 Å². The third kappa shape index (κ3) is 7.05. The van der Waals surface area contributed by atoms with Gasteiger partial charge in [0.15, 0.2) is 11.5 Å². The van der Waals surface area contributed by atoms with Crippen molar-refractivity contribution in [3.8, 4) is 11.5 Å². The van der Waals surface area contributed by atoms with Crippen LogP contribution in [-0.4, -0.2) is 27.8 Å². The van der Waals surface area contributed by atoms with Gasteiger partial charge in [0.1, 0.15) is 0 Å². The lowest BCUT2D eigenvalue weighted by Gasteiger charge is -2.04. The maximum absolute atomic E-state index is 5.01. The van der Waals surface area contributed by atoms with Crippen molar-refractivity contribution < 1.29 is 9.47 Å². The highest BCUT2D eigenvalue weighted by molar-refractivity contribution is 5.85. The van der Waals surface area contributed by atoms with Gasteiger partial charge in [0, 0.05) is 0 Å². The van der Waals surface area contributed by atoms with Crippen molar-refractivity contribution in [2.24, 2.45) is 0 Å². The minimum absolute atomic E-state index is 0. The van der Waals surface area contributed by atoms with Gasteiger partial charge in [-0.05, 0) is 25.7 Å². The van der Waals surface area contributed by atoms with Gasteiger partial charge in [-0.1, -0.05) is 19.1 Å². The van der Waals surface area contributed by atoms with Gasteiger partial charge in [0.2, 0.25) is 0 Å². The summed E-state index contributed by atoms with van der Waals surface area (Å²) in [7, 11) is 5.18. The Balaban J connectivity index is 0. The zero-order valence-electron chi connectivity index (χ0n) is 9.74. The van der Waals surface area contributed by atoms with Crippen molar-refractivity contribution in [2.75, 3.05) is 27.8 Å². The van der Waals surface area contributed by atoms with E-state index in [1.807, 2.05) is 31.3 Å². The topological polar surface area (TPSA) is 30.5 Å². The Labute approximate surface area is 98.2 Å². The molecule has 0 amide bonds. The average Bonchev–Trinajstić information content (AvgIpc) is 2.29. The summed E-state index contributed by atoms with van der Waals surface area (Å²) in [4.78, 5) is 0. The van der Waals surface area contributed by atoms with Crippen molar-refractivity contribution in [2.45, 2.75) is 6.92 Å². The molecule has 0 unspecified atom stereocenters. The maximum Gasteiger partial charge on any atom is 0.160 e. The molecule has 1 rings (SSSR count). The molecule has 88 valence electrons. The Kier molecular flexibility index (Phi) is 12.3. The Morgan fingerprint density at radius 1 is 1.07 bits per heavy atom. The van der Waals surface area contributed by atoms with E-state index in [9.17, 15) is 0 Å². The number of benzene rings is 1. The zero-order valence-corrected chi connectivity index (χ0v) is 10.6. The van der Waals surface area contributed by atoms with Crippen molar-refractivity contribution in [3.63, 3.8) is 0 Å². The number of halogens is 1. The third-order valence-corrected chi connectivity index (χ3v) is 1.64. The molecule has 0 bridgehead atoms. The number of para-hydroxylation sites is 2. The fourth-order valence-electron chi connectivity index (χ4n) is 0.787. The van der Waals surface area contributed by atoms with Crippen LogP contribution in [0.5, 0.6) is 11.5 Å². The van der Waals surface area contributed by atoms with Gasteiger partial charge >= 0.3 is 0 Å². The second-order valence-corrected chi connectivity index (χ2v) is 2.56. The van der Waals surface area contributed by atoms with E-state index < -0.39 is 0 Å². The van der Waals surface area contributed by atoms with Gasteiger partial charge < -0.3 is 14.8 Å². The first-order valence-electron chi connectivity index (χ1n) is 4.61. The molecule has 0 radical (unpaired) electrons. The second kappa shape index (κ2) is 11.1. The lowest BCUT2D eigenvalue weighted by Crippen LogP contribution is -2.01. The van der Waals surface area contributed by atoms with E-state index in [-0.39, 0.29) is 12.4 Å². The van der Waals surface area contributed by atoms with E-state index in [2.05, 4.69) is 12.2 Å². The summed E-state index contributed by atoms with van der Waals surface area (Å²) in [5, 5.41) is 2.93. The van der Waals surface area contributed by atoms with Gasteiger partial charge in [0.05, 0.1) is 14.2 Å². The maximum atomic E-state index is 5.01. The van der Waals surface area contributed by atoms with Crippen LogP contribution >= 0.6 is 12.4 Å². The van der Waals surface area contributed by atoms with Crippen LogP contribution in [0.25, 0.3) is 0 Å². The van der Waals surface area contributed by atoms with Crippen LogP contribution in [0.4, 0.5) is 0 Å². The van der Waals surface area contributed by atoms with Crippen LogP contribution < -0.4 is 14.8 Å². The van der Waals surface area contributed by atoms with E-state index in [4.69, 9.17) is 9.47 Å². The number of rotatable bonds is 3. The largest absolute Gasteiger partial charge is 0.493 e. The molecule has 4 heteroatoms. The van der Waals surface area contributed by atoms with Crippen LogP contribution in [0.3, 0.4) is 0 Å². The van der Waals surface area contributed by atoms with Gasteiger partial charge in [-0.3, -0.25) is 0 Å². The SMILES string of the molecule is CCNC.COc1ccccc1OC.Cl. The molecule has 0 fully saturated rings. The van der Waals surface area contributed by atoms with Gasteiger partial charge in [0.25, 0.3) is 0 Å². The van der Waals surface area contributed by atoms with Gasteiger partial charge in [-0.15, -0.1) is 12.4 Å². The molecule has 0 heterocycles. The molecule has 0 aliphatic rings. The first-order chi connectivity index (χ1) is 6.79. The quantitative estimate of drug-likeness (QED) is 0.870. The molecule has 1 aromatic carbocycles. The van der Waals surface area contributed by atoms with Gasteiger partial charge in [-0.2, -0.15) is 0 Å². The molecule has 0 aliphatic carbocycles. The number of ether oxygens (including phenoxy) is 2. The third-order valence-electron chi connectivity index (χ3n) is 1.64. The monoisotopic (exact) mass is 233 g/mol. The normalized spacial score (nSPS) is 8.00. The van der Waals surface area contributed by atoms with Crippen LogP contribution in [0.15, 0.2) is 24.3 Å². The van der Waals surface area contributed by atoms with Crippen molar-refractivity contribution in [1.29, 1.82) is 0 Å². The first-order valence-corrected chi connectivity index (χ1v) is 4.61. The molecular weight excluding hydrogens is 214 g/mol. The highest BCUT2D eigenvalue weighted by Crippen LogP contribution is 2.24. The summed E-state index contributed by atoms with van der Waals surface area (Å²) in [5.74, 6) is 1.54. The molecule has 0 atom stereocenters. The summed E-state index contributed by atoms with van der Waals surface area (Å²) >= 11 is 0. The lowest BCUT2D eigenvalue weighted by atomic mass is 10.3. The van der Waals surface area contributed by atoms with E-state index in [1.54, 1.807) is 14.2 Å². The summed E-state index contributed by atoms with van der Waals surface area (Å²) in [6.45, 7) is 3.14. The Morgan fingerprint density at radius 3 is 1.60 bits per heavy atom. The Morgan fingerprint density at radius 2 is 1.40 bits per heavy atom. The highest BCUT2D eigenvalue weighted by Gasteiger charge is 1.97. The van der Waals surface area contributed by atoms with E-state index in [0.717, 1.165) is 18.0 Å². The first kappa shape index (κ1) is 16.5. The predicted molar refractivity (Wildman–Crippen MR) is 66.4 cm³/mol. The number of nitrogens with one attached hydrogen (secondary N) is 1. The Hall–Kier alpha value is -0.930. The van der Waals surface area contributed by atoms with Crippen LogP contribution in [-0.2, 0) is 0 Å². The predicted octanol–water partition coefficient (Wildman–Crippen LogP) is 2.35. The highest BCUT2D eigenvalue weighted by atomic mass is 35.5. The lowest BCUT2D eigenvalue weighted by molar-refractivity contribution is 0.355. The molecule has 3 nitrogen and oxygen atoms in total. The van der Waals surface area contributed by atoms with Crippen LogP contribution in [0, 0.1) is 0 Å². The molecular formula is C11H20ClNO2. The zero-order chi connectivity index (χ0) is 10.8. The van der Waals surface area contributed by atoms with Gasteiger partial charge in [-0.25, -0.2) is 0 Å². The van der Waals surface area contributed by atoms with E-state index in [1.165, 1.54) is 0 Å². The van der Waals surface area contributed by atoms with Crippen molar-refractivity contribution in [3.05, 3.63) is 24.3 Å². The standard InChI is InChI=1S/C8H10O2.C3H9N.ClH/c1-9-7-5-3-4-6-8(7)10-2;1-3-4-2;/h3-6H,1-2H3;4H,3H2,1-2H3;1H. The number of methoxy groups -OCH3 is 2. The second-order valence-electron chi connectivity index (χ2n) is 2.56. The number of hydrogen-bond acceptors (Lipinski definition) is 3. The molecule has 1 N–H and O–H groups in total. The molecule has 0 saturated heterocycles. The van der Waals surface area contributed by atoms with Crippen molar-refractivity contribution >= 4 is 12.4 Å². The summed E-state index contributed by atoms with van der Waals surface area (Å²) in [5.41, 5.74) is 0. The van der Waals surface area contributed by atoms with Crippen LogP contribution in [0.1, 0.15) is 6.92 Å². The minimum atomic E-state index is 0. The summed E-state index contributed by atoms with van der Waals surface area (Å²) in [6.07, 6.45) is 0. The Bertz CT molecular complexity index is 219. The molecule has 0 spiro atoms. The molecule has 0 saturated carbocycles. The van der Waals surface area contributed by atoms with E-state index >= 15 is 0 Å². The van der Waals surface area contributed by atoms with E-state index in [0.29, 0.717) is 0 Å².